The predicted octanol–water partition coefficient (Wildman–Crippen LogP) is 1.80. The highest BCUT2D eigenvalue weighted by molar-refractivity contribution is 5.76. The van der Waals surface area contributed by atoms with Crippen molar-refractivity contribution in [3.05, 3.63) is 53.9 Å². The highest BCUT2D eigenvalue weighted by atomic mass is 19.1. The van der Waals surface area contributed by atoms with Crippen LogP contribution in [0.4, 0.5) is 4.39 Å². The molecule has 0 aliphatic heterocycles. The number of benzene rings is 1. The minimum Gasteiger partial charge on any atom is -0.350 e. The number of nitrogens with zero attached hydrogens (tertiary/aromatic N) is 1. The number of halogens is 1. The number of rotatable bonds is 5. The number of carbonyl (C=O) groups excluding carboxylic acids is 1. The molecule has 1 aromatic heterocycles. The predicted molar refractivity (Wildman–Crippen MR) is 65.2 cm³/mol. The summed E-state index contributed by atoms with van der Waals surface area (Å²) < 4.78 is 12.7. The van der Waals surface area contributed by atoms with Crippen molar-refractivity contribution < 1.29 is 9.18 Å². The summed E-state index contributed by atoms with van der Waals surface area (Å²) in [6.07, 6.45) is 4.23. The van der Waals surface area contributed by atoms with Gasteiger partial charge in [-0.2, -0.15) is 0 Å². The van der Waals surface area contributed by atoms with Gasteiger partial charge in [0.2, 0.25) is 5.91 Å². The summed E-state index contributed by atoms with van der Waals surface area (Å²) in [4.78, 5) is 18.3. The normalized spacial score (nSPS) is 10.3. The summed E-state index contributed by atoms with van der Waals surface area (Å²) in [5.41, 5.74) is 1.82. The van der Waals surface area contributed by atoms with Crippen molar-refractivity contribution in [2.24, 2.45) is 0 Å². The lowest BCUT2D eigenvalue weighted by molar-refractivity contribution is -0.121. The average Bonchev–Trinajstić information content (AvgIpc) is 2.89. The van der Waals surface area contributed by atoms with Crippen molar-refractivity contribution >= 4 is 5.91 Å². The van der Waals surface area contributed by atoms with E-state index in [1.54, 1.807) is 24.7 Å². The van der Waals surface area contributed by atoms with Crippen LogP contribution in [-0.4, -0.2) is 15.9 Å². The third-order valence-corrected chi connectivity index (χ3v) is 2.58. The van der Waals surface area contributed by atoms with E-state index in [9.17, 15) is 9.18 Å². The molecule has 4 nitrogen and oxygen atoms in total. The second-order valence-corrected chi connectivity index (χ2v) is 3.98. The molecule has 18 heavy (non-hydrogen) atoms. The van der Waals surface area contributed by atoms with Gasteiger partial charge in [-0.1, -0.05) is 12.1 Å². The minimum atomic E-state index is -0.262. The Bertz CT molecular complexity index is 493. The Labute approximate surface area is 104 Å². The third-order valence-electron chi connectivity index (χ3n) is 2.58. The summed E-state index contributed by atoms with van der Waals surface area (Å²) in [5.74, 6) is -0.295. The van der Waals surface area contributed by atoms with Crippen LogP contribution in [0.15, 0.2) is 36.8 Å². The summed E-state index contributed by atoms with van der Waals surface area (Å²) in [7, 11) is 0. The summed E-state index contributed by atoms with van der Waals surface area (Å²) >= 11 is 0. The van der Waals surface area contributed by atoms with E-state index in [0.29, 0.717) is 19.4 Å². The number of aromatic amines is 1. The number of amides is 1. The van der Waals surface area contributed by atoms with Gasteiger partial charge in [0.05, 0.1) is 18.6 Å². The van der Waals surface area contributed by atoms with Gasteiger partial charge >= 0.3 is 0 Å². The minimum absolute atomic E-state index is 0.0334. The molecule has 5 heteroatoms. The van der Waals surface area contributed by atoms with Crippen LogP contribution in [-0.2, 0) is 17.8 Å². The number of aryl methyl sites for hydroxylation is 1. The summed E-state index contributed by atoms with van der Waals surface area (Å²) in [6, 6.07) is 6.19. The molecular formula is C13H14FN3O. The SMILES string of the molecule is O=C(CCc1ccc(F)cc1)NCc1cnc[nH]1. The Morgan fingerprint density at radius 2 is 2.11 bits per heavy atom. The van der Waals surface area contributed by atoms with Crippen LogP contribution in [0, 0.1) is 5.82 Å². The van der Waals surface area contributed by atoms with E-state index in [2.05, 4.69) is 15.3 Å². The molecule has 0 bridgehead atoms. The summed E-state index contributed by atoms with van der Waals surface area (Å²) in [6.45, 7) is 0.447. The quantitative estimate of drug-likeness (QED) is 0.846. The molecule has 0 spiro atoms. The van der Waals surface area contributed by atoms with E-state index in [0.717, 1.165) is 11.3 Å². The third kappa shape index (κ3) is 3.69. The maximum absolute atomic E-state index is 12.7. The van der Waals surface area contributed by atoms with E-state index in [-0.39, 0.29) is 11.7 Å². The zero-order valence-electron chi connectivity index (χ0n) is 9.82. The maximum atomic E-state index is 12.7. The van der Waals surface area contributed by atoms with Crippen LogP contribution in [0.25, 0.3) is 0 Å². The fourth-order valence-electron chi connectivity index (χ4n) is 1.57. The maximum Gasteiger partial charge on any atom is 0.220 e. The zero-order chi connectivity index (χ0) is 12.8. The molecule has 1 heterocycles. The molecular weight excluding hydrogens is 233 g/mol. The molecule has 1 amide bonds. The fraction of sp³-hybridized carbons (Fsp3) is 0.231. The van der Waals surface area contributed by atoms with Gasteiger partial charge in [-0.3, -0.25) is 4.79 Å². The Hall–Kier alpha value is -2.17. The number of H-pyrrole nitrogens is 1. The first-order valence-electron chi connectivity index (χ1n) is 5.72. The molecule has 0 radical (unpaired) electrons. The Balaban J connectivity index is 1.73. The van der Waals surface area contributed by atoms with E-state index >= 15 is 0 Å². The smallest absolute Gasteiger partial charge is 0.220 e. The second-order valence-electron chi connectivity index (χ2n) is 3.98. The number of hydrogen-bond acceptors (Lipinski definition) is 2. The van der Waals surface area contributed by atoms with Gasteiger partial charge < -0.3 is 10.3 Å². The molecule has 0 saturated heterocycles. The van der Waals surface area contributed by atoms with Crippen LogP contribution in [0.3, 0.4) is 0 Å². The van der Waals surface area contributed by atoms with E-state index in [1.165, 1.54) is 12.1 Å². The van der Waals surface area contributed by atoms with Gasteiger partial charge in [0.1, 0.15) is 5.82 Å². The molecule has 2 aromatic rings. The molecule has 0 aliphatic carbocycles. The van der Waals surface area contributed by atoms with Gasteiger partial charge in [0.25, 0.3) is 0 Å². The number of imidazole rings is 1. The van der Waals surface area contributed by atoms with Crippen molar-refractivity contribution in [1.29, 1.82) is 0 Å². The first-order chi connectivity index (χ1) is 8.74. The highest BCUT2D eigenvalue weighted by Crippen LogP contribution is 2.05. The monoisotopic (exact) mass is 247 g/mol. The molecule has 0 atom stereocenters. The van der Waals surface area contributed by atoms with Gasteiger partial charge in [-0.05, 0) is 24.1 Å². The lowest BCUT2D eigenvalue weighted by Gasteiger charge is -2.04. The molecule has 94 valence electrons. The Kier molecular flexibility index (Phi) is 4.06. The first kappa shape index (κ1) is 12.3. The van der Waals surface area contributed by atoms with Crippen LogP contribution in [0.2, 0.25) is 0 Å². The van der Waals surface area contributed by atoms with E-state index in [4.69, 9.17) is 0 Å². The van der Waals surface area contributed by atoms with Gasteiger partial charge in [-0.15, -0.1) is 0 Å². The molecule has 0 saturated carbocycles. The number of aromatic nitrogens is 2. The van der Waals surface area contributed by atoms with E-state index in [1.807, 2.05) is 0 Å². The molecule has 2 N–H and O–H groups in total. The number of hydrogen-bond donors (Lipinski definition) is 2. The van der Waals surface area contributed by atoms with Crippen LogP contribution >= 0.6 is 0 Å². The Morgan fingerprint density at radius 1 is 1.33 bits per heavy atom. The second kappa shape index (κ2) is 5.95. The highest BCUT2D eigenvalue weighted by Gasteiger charge is 2.03. The first-order valence-corrected chi connectivity index (χ1v) is 5.72. The number of nitrogens with one attached hydrogen (secondary N) is 2. The van der Waals surface area contributed by atoms with Crippen molar-refractivity contribution in [3.63, 3.8) is 0 Å². The molecule has 0 fully saturated rings. The topological polar surface area (TPSA) is 57.8 Å². The summed E-state index contributed by atoms with van der Waals surface area (Å²) in [5, 5.41) is 2.78. The van der Waals surface area contributed by atoms with Crippen molar-refractivity contribution in [2.45, 2.75) is 19.4 Å². The van der Waals surface area contributed by atoms with E-state index < -0.39 is 0 Å². The van der Waals surface area contributed by atoms with Crippen LogP contribution in [0.1, 0.15) is 17.7 Å². The number of carbonyl (C=O) groups is 1. The lowest BCUT2D eigenvalue weighted by atomic mass is 10.1. The average molecular weight is 247 g/mol. The van der Waals surface area contributed by atoms with Gasteiger partial charge in [0.15, 0.2) is 0 Å². The molecule has 1 aromatic carbocycles. The zero-order valence-corrected chi connectivity index (χ0v) is 9.82. The lowest BCUT2D eigenvalue weighted by Crippen LogP contribution is -2.23. The van der Waals surface area contributed by atoms with Crippen LogP contribution in [0.5, 0.6) is 0 Å². The molecule has 0 aliphatic rings. The molecule has 0 unspecified atom stereocenters. The van der Waals surface area contributed by atoms with Gasteiger partial charge in [-0.25, -0.2) is 9.37 Å². The fourth-order valence-corrected chi connectivity index (χ4v) is 1.57. The molecule has 2 rings (SSSR count). The van der Waals surface area contributed by atoms with Crippen LogP contribution < -0.4 is 5.32 Å². The van der Waals surface area contributed by atoms with Crippen molar-refractivity contribution in [2.75, 3.05) is 0 Å². The van der Waals surface area contributed by atoms with Gasteiger partial charge in [0, 0.05) is 12.6 Å². The Morgan fingerprint density at radius 3 is 2.78 bits per heavy atom. The van der Waals surface area contributed by atoms with Crippen molar-refractivity contribution in [1.82, 2.24) is 15.3 Å². The standard InChI is InChI=1S/C13H14FN3O/c14-11-4-1-10(2-5-11)3-6-13(18)16-8-12-7-15-9-17-12/h1-2,4-5,7,9H,3,6,8H2,(H,15,17)(H,16,18). The van der Waals surface area contributed by atoms with Crippen molar-refractivity contribution in [3.8, 4) is 0 Å². The largest absolute Gasteiger partial charge is 0.350 e.